The summed E-state index contributed by atoms with van der Waals surface area (Å²) in [5, 5.41) is 4.51. The third kappa shape index (κ3) is 3.70. The van der Waals surface area contributed by atoms with Crippen LogP contribution in [0.4, 0.5) is 4.39 Å². The van der Waals surface area contributed by atoms with Crippen LogP contribution in [0.3, 0.4) is 0 Å². The molecule has 3 heterocycles. The third-order valence-corrected chi connectivity index (χ3v) is 5.93. The summed E-state index contributed by atoms with van der Waals surface area (Å²) in [6, 6.07) is 2.67. The topological polar surface area (TPSA) is 39.9 Å². The average molecular weight is 369 g/mol. The Balaban J connectivity index is 1.60. The van der Waals surface area contributed by atoms with Crippen molar-refractivity contribution in [3.8, 4) is 0 Å². The zero-order valence-corrected chi connectivity index (χ0v) is 16.4. The molecule has 0 spiro atoms. The zero-order chi connectivity index (χ0) is 19.0. The fourth-order valence-electron chi connectivity index (χ4n) is 4.06. The van der Waals surface area contributed by atoms with Crippen molar-refractivity contribution in [2.75, 3.05) is 6.61 Å². The summed E-state index contributed by atoms with van der Waals surface area (Å²) in [5.74, 6) is 0.324. The number of hydrogen-bond acceptors (Lipinski definition) is 3. The molecule has 1 aliphatic heterocycles. The molecule has 2 aliphatic rings. The van der Waals surface area contributed by atoms with Crippen LogP contribution in [-0.2, 0) is 11.2 Å². The van der Waals surface area contributed by atoms with Gasteiger partial charge in [-0.05, 0) is 68.7 Å². The van der Waals surface area contributed by atoms with Gasteiger partial charge < -0.3 is 4.74 Å². The van der Waals surface area contributed by atoms with Crippen LogP contribution in [-0.4, -0.2) is 21.4 Å². The molecule has 1 saturated heterocycles. The number of aryl methyl sites for hydroxylation is 1. The zero-order valence-electron chi connectivity index (χ0n) is 16.4. The van der Waals surface area contributed by atoms with Crippen LogP contribution in [0.1, 0.15) is 85.7 Å². The third-order valence-electron chi connectivity index (χ3n) is 5.93. The number of nitrogens with zero attached hydrogens (tertiary/aromatic N) is 3. The highest BCUT2D eigenvalue weighted by Gasteiger charge is 2.30. The van der Waals surface area contributed by atoms with Crippen molar-refractivity contribution in [1.82, 2.24) is 14.8 Å². The van der Waals surface area contributed by atoms with E-state index in [9.17, 15) is 4.39 Å². The van der Waals surface area contributed by atoms with E-state index in [1.54, 1.807) is 0 Å². The van der Waals surface area contributed by atoms with Gasteiger partial charge in [0.2, 0.25) is 0 Å². The van der Waals surface area contributed by atoms with Gasteiger partial charge in [-0.2, -0.15) is 5.10 Å². The van der Waals surface area contributed by atoms with Gasteiger partial charge >= 0.3 is 0 Å². The molecule has 2 atom stereocenters. The summed E-state index contributed by atoms with van der Waals surface area (Å²) in [6.07, 6.45) is 10.0. The summed E-state index contributed by atoms with van der Waals surface area (Å²) in [7, 11) is 0. The Labute approximate surface area is 160 Å². The van der Waals surface area contributed by atoms with Crippen molar-refractivity contribution in [2.45, 2.75) is 70.9 Å². The van der Waals surface area contributed by atoms with Crippen LogP contribution in [0.5, 0.6) is 0 Å². The Morgan fingerprint density at radius 3 is 2.89 bits per heavy atom. The maximum Gasteiger partial charge on any atom is 0.0902 e. The summed E-state index contributed by atoms with van der Waals surface area (Å²) in [5.41, 5.74) is 6.02. The predicted molar refractivity (Wildman–Crippen MR) is 104 cm³/mol. The second kappa shape index (κ2) is 7.55. The molecule has 0 bridgehead atoms. The number of rotatable bonds is 5. The van der Waals surface area contributed by atoms with Gasteiger partial charge in [-0.3, -0.25) is 9.67 Å². The monoisotopic (exact) mass is 369 g/mol. The van der Waals surface area contributed by atoms with Gasteiger partial charge in [0.1, 0.15) is 0 Å². The molecule has 1 saturated carbocycles. The van der Waals surface area contributed by atoms with Crippen molar-refractivity contribution in [3.05, 3.63) is 52.9 Å². The lowest BCUT2D eigenvalue weighted by Gasteiger charge is -2.29. The van der Waals surface area contributed by atoms with E-state index in [1.165, 1.54) is 12.8 Å². The first-order valence-electron chi connectivity index (χ1n) is 10.0. The molecule has 5 heteroatoms. The normalized spacial score (nSPS) is 23.6. The van der Waals surface area contributed by atoms with Crippen molar-refractivity contribution in [1.29, 1.82) is 0 Å². The Hall–Kier alpha value is -2.01. The first kappa shape index (κ1) is 18.4. The van der Waals surface area contributed by atoms with Crippen LogP contribution in [0.25, 0.3) is 5.57 Å². The van der Waals surface area contributed by atoms with Crippen LogP contribution in [0.2, 0.25) is 0 Å². The van der Waals surface area contributed by atoms with Crippen molar-refractivity contribution >= 4 is 5.57 Å². The van der Waals surface area contributed by atoms with Crippen LogP contribution < -0.4 is 0 Å². The number of halogens is 1. The summed E-state index contributed by atoms with van der Waals surface area (Å²) in [6.45, 7) is 6.69. The standard InChI is InChI=1S/C22H28FN3O/c1-4-20-15(3)19(14(2)11-23)10-21(25-20)16-7-8-27-22(9-16)17-12-24-26(13-17)18-5-6-18/h10-13,16,18,22H,4-9H2,1-3H3/b14-11-. The molecule has 2 fully saturated rings. The second-order valence-electron chi connectivity index (χ2n) is 7.88. The smallest absolute Gasteiger partial charge is 0.0902 e. The number of pyridine rings is 1. The Morgan fingerprint density at radius 1 is 1.37 bits per heavy atom. The first-order chi connectivity index (χ1) is 13.1. The molecule has 0 amide bonds. The summed E-state index contributed by atoms with van der Waals surface area (Å²) >= 11 is 0. The van der Waals surface area contributed by atoms with Crippen molar-refractivity contribution in [2.24, 2.45) is 0 Å². The Morgan fingerprint density at radius 2 is 2.19 bits per heavy atom. The lowest BCUT2D eigenvalue weighted by molar-refractivity contribution is 0.00456. The molecular formula is C22H28FN3O. The van der Waals surface area contributed by atoms with Gasteiger partial charge in [-0.25, -0.2) is 4.39 Å². The van der Waals surface area contributed by atoms with E-state index in [0.29, 0.717) is 30.5 Å². The molecule has 2 aromatic rings. The molecule has 2 unspecified atom stereocenters. The highest BCUT2D eigenvalue weighted by atomic mass is 19.1. The highest BCUT2D eigenvalue weighted by Crippen LogP contribution is 2.40. The molecule has 0 radical (unpaired) electrons. The van der Waals surface area contributed by atoms with E-state index in [0.717, 1.165) is 47.3 Å². The van der Waals surface area contributed by atoms with E-state index in [2.05, 4.69) is 29.0 Å². The Kier molecular flexibility index (Phi) is 5.13. The van der Waals surface area contributed by atoms with Gasteiger partial charge in [0.05, 0.1) is 24.7 Å². The average Bonchev–Trinajstić information content (AvgIpc) is 3.44. The summed E-state index contributed by atoms with van der Waals surface area (Å²) < 4.78 is 21.3. The van der Waals surface area contributed by atoms with Crippen molar-refractivity contribution < 1.29 is 9.13 Å². The number of allylic oxidation sites excluding steroid dienone is 1. The van der Waals surface area contributed by atoms with Gasteiger partial charge in [0, 0.05) is 35.7 Å². The van der Waals surface area contributed by atoms with Gasteiger partial charge in [0.15, 0.2) is 0 Å². The van der Waals surface area contributed by atoms with Crippen LogP contribution in [0, 0.1) is 6.92 Å². The van der Waals surface area contributed by atoms with Crippen LogP contribution in [0.15, 0.2) is 24.8 Å². The Bertz CT molecular complexity index is 853. The maximum atomic E-state index is 13.2. The summed E-state index contributed by atoms with van der Waals surface area (Å²) in [4.78, 5) is 4.94. The fraction of sp³-hybridized carbons (Fsp3) is 0.545. The number of hydrogen-bond donors (Lipinski definition) is 0. The van der Waals surface area contributed by atoms with Gasteiger partial charge in [0.25, 0.3) is 0 Å². The minimum Gasteiger partial charge on any atom is -0.373 e. The fourth-order valence-corrected chi connectivity index (χ4v) is 4.06. The minimum absolute atomic E-state index is 0.0608. The van der Waals surface area contributed by atoms with E-state index in [1.807, 2.05) is 20.0 Å². The molecule has 0 N–H and O–H groups in total. The molecular weight excluding hydrogens is 341 g/mol. The molecule has 144 valence electrons. The largest absolute Gasteiger partial charge is 0.373 e. The van der Waals surface area contributed by atoms with Gasteiger partial charge in [-0.15, -0.1) is 0 Å². The number of ether oxygens (including phenoxy) is 1. The first-order valence-corrected chi connectivity index (χ1v) is 10.0. The molecule has 27 heavy (non-hydrogen) atoms. The lowest BCUT2D eigenvalue weighted by Crippen LogP contribution is -2.20. The second-order valence-corrected chi connectivity index (χ2v) is 7.88. The van der Waals surface area contributed by atoms with E-state index >= 15 is 0 Å². The highest BCUT2D eigenvalue weighted by molar-refractivity contribution is 5.66. The van der Waals surface area contributed by atoms with E-state index < -0.39 is 0 Å². The lowest BCUT2D eigenvalue weighted by atomic mass is 9.87. The maximum absolute atomic E-state index is 13.2. The molecule has 0 aromatic carbocycles. The van der Waals surface area contributed by atoms with Gasteiger partial charge in [-0.1, -0.05) is 6.92 Å². The molecule has 4 nitrogen and oxygen atoms in total. The number of aromatic nitrogens is 3. The molecule has 2 aromatic heterocycles. The predicted octanol–water partition coefficient (Wildman–Crippen LogP) is 5.45. The molecule has 4 rings (SSSR count). The van der Waals surface area contributed by atoms with E-state index in [4.69, 9.17) is 9.72 Å². The van der Waals surface area contributed by atoms with Crippen molar-refractivity contribution in [3.63, 3.8) is 0 Å². The van der Waals surface area contributed by atoms with E-state index in [-0.39, 0.29) is 6.10 Å². The quantitative estimate of drug-likeness (QED) is 0.703. The van der Waals surface area contributed by atoms with Crippen LogP contribution >= 0.6 is 0 Å². The SMILES string of the molecule is CCc1nc(C2CCOC(c3cnn(C4CC4)c3)C2)cc(/C(C)=C\F)c1C. The molecule has 1 aliphatic carbocycles. The minimum atomic E-state index is 0.0608.